The van der Waals surface area contributed by atoms with Crippen molar-refractivity contribution in [2.45, 2.75) is 32.6 Å². The molecule has 114 valence electrons. The van der Waals surface area contributed by atoms with Gasteiger partial charge in [-0.15, -0.1) is 0 Å². The van der Waals surface area contributed by atoms with Gasteiger partial charge in [0, 0.05) is 12.2 Å². The Hall–Kier alpha value is -1.27. The number of hydrogen-bond donors (Lipinski definition) is 3. The van der Waals surface area contributed by atoms with E-state index >= 15 is 0 Å². The van der Waals surface area contributed by atoms with Crippen LogP contribution in [0.2, 0.25) is 0 Å². The van der Waals surface area contributed by atoms with Gasteiger partial charge in [0.1, 0.15) is 4.90 Å². The Morgan fingerprint density at radius 3 is 2.40 bits per heavy atom. The maximum absolute atomic E-state index is 12.0. The van der Waals surface area contributed by atoms with Crippen molar-refractivity contribution in [2.75, 3.05) is 24.6 Å². The second-order valence-electron chi connectivity index (χ2n) is 5.96. The van der Waals surface area contributed by atoms with Crippen LogP contribution < -0.4 is 15.8 Å². The summed E-state index contributed by atoms with van der Waals surface area (Å²) >= 11 is 0. The SMILES string of the molecule is CNS(=O)(=O)c1cc(N)ccc1NCC(C)(C)C(C)C. The molecule has 6 heteroatoms. The van der Waals surface area contributed by atoms with E-state index in [4.69, 9.17) is 5.73 Å². The smallest absolute Gasteiger partial charge is 0.242 e. The third-order valence-electron chi connectivity index (χ3n) is 3.86. The number of sulfonamides is 1. The monoisotopic (exact) mass is 299 g/mol. The molecule has 0 aliphatic heterocycles. The lowest BCUT2D eigenvalue weighted by molar-refractivity contribution is 0.269. The van der Waals surface area contributed by atoms with Gasteiger partial charge in [-0.2, -0.15) is 0 Å². The van der Waals surface area contributed by atoms with E-state index in [2.05, 4.69) is 37.7 Å². The number of nitrogen functional groups attached to an aromatic ring is 1. The van der Waals surface area contributed by atoms with Gasteiger partial charge in [-0.25, -0.2) is 13.1 Å². The van der Waals surface area contributed by atoms with Crippen molar-refractivity contribution >= 4 is 21.4 Å². The standard InChI is InChI=1S/C14H25N3O2S/c1-10(2)14(3,4)9-17-12-7-6-11(15)8-13(12)20(18,19)16-5/h6-8,10,16-17H,9,15H2,1-5H3. The molecule has 0 aliphatic rings. The quantitative estimate of drug-likeness (QED) is 0.704. The Morgan fingerprint density at radius 2 is 1.90 bits per heavy atom. The van der Waals surface area contributed by atoms with E-state index in [0.717, 1.165) is 0 Å². The van der Waals surface area contributed by atoms with E-state index in [1.54, 1.807) is 12.1 Å². The third kappa shape index (κ3) is 3.86. The predicted octanol–water partition coefficient (Wildman–Crippen LogP) is 2.27. The van der Waals surface area contributed by atoms with Gasteiger partial charge in [0.25, 0.3) is 0 Å². The molecule has 0 aromatic heterocycles. The van der Waals surface area contributed by atoms with Crippen LogP contribution in [0.4, 0.5) is 11.4 Å². The average molecular weight is 299 g/mol. The second kappa shape index (κ2) is 6.01. The number of nitrogens with one attached hydrogen (secondary N) is 2. The van der Waals surface area contributed by atoms with E-state index in [1.807, 2.05) is 0 Å². The maximum Gasteiger partial charge on any atom is 0.242 e. The van der Waals surface area contributed by atoms with Gasteiger partial charge in [-0.05, 0) is 36.6 Å². The molecule has 0 saturated heterocycles. The van der Waals surface area contributed by atoms with Crippen molar-refractivity contribution in [3.63, 3.8) is 0 Å². The zero-order chi connectivity index (χ0) is 15.6. The van der Waals surface area contributed by atoms with Crippen LogP contribution in [0.5, 0.6) is 0 Å². The Kier molecular flexibility index (Phi) is 5.05. The molecular formula is C14H25N3O2S. The van der Waals surface area contributed by atoms with E-state index in [1.165, 1.54) is 13.1 Å². The van der Waals surface area contributed by atoms with E-state index in [-0.39, 0.29) is 10.3 Å². The summed E-state index contributed by atoms with van der Waals surface area (Å²) in [5.41, 5.74) is 6.74. The minimum absolute atomic E-state index is 0.0576. The Bertz CT molecular complexity index is 566. The van der Waals surface area contributed by atoms with Gasteiger partial charge in [0.05, 0.1) is 5.69 Å². The lowest BCUT2D eigenvalue weighted by Gasteiger charge is -2.30. The van der Waals surface area contributed by atoms with Crippen molar-refractivity contribution in [1.29, 1.82) is 0 Å². The Labute approximate surface area is 122 Å². The molecule has 0 atom stereocenters. The molecule has 0 fully saturated rings. The molecule has 1 aromatic carbocycles. The van der Waals surface area contributed by atoms with E-state index in [9.17, 15) is 8.42 Å². The summed E-state index contributed by atoms with van der Waals surface area (Å²) < 4.78 is 26.4. The van der Waals surface area contributed by atoms with Crippen molar-refractivity contribution in [2.24, 2.45) is 11.3 Å². The average Bonchev–Trinajstić information content (AvgIpc) is 2.37. The normalized spacial score (nSPS) is 12.7. The highest BCUT2D eigenvalue weighted by molar-refractivity contribution is 7.89. The molecule has 0 bridgehead atoms. The Balaban J connectivity index is 3.08. The van der Waals surface area contributed by atoms with Crippen LogP contribution in [0, 0.1) is 11.3 Å². The molecule has 0 aliphatic carbocycles. The molecule has 20 heavy (non-hydrogen) atoms. The minimum Gasteiger partial charge on any atom is -0.399 e. The number of nitrogens with two attached hydrogens (primary N) is 1. The van der Waals surface area contributed by atoms with Crippen LogP contribution in [0.1, 0.15) is 27.7 Å². The molecule has 0 spiro atoms. The first-order chi connectivity index (χ1) is 9.10. The number of hydrogen-bond acceptors (Lipinski definition) is 4. The van der Waals surface area contributed by atoms with Gasteiger partial charge in [0.2, 0.25) is 10.0 Å². The van der Waals surface area contributed by atoms with Gasteiger partial charge in [0.15, 0.2) is 0 Å². The summed E-state index contributed by atoms with van der Waals surface area (Å²) in [6.07, 6.45) is 0. The lowest BCUT2D eigenvalue weighted by atomic mass is 9.81. The molecule has 0 radical (unpaired) electrons. The van der Waals surface area contributed by atoms with Crippen LogP contribution in [-0.2, 0) is 10.0 Å². The lowest BCUT2D eigenvalue weighted by Crippen LogP contribution is -2.29. The second-order valence-corrected chi connectivity index (χ2v) is 7.81. The van der Waals surface area contributed by atoms with E-state index < -0.39 is 10.0 Å². The third-order valence-corrected chi connectivity index (χ3v) is 5.32. The van der Waals surface area contributed by atoms with Gasteiger partial charge in [-0.3, -0.25) is 0 Å². The first-order valence-corrected chi connectivity index (χ1v) is 8.15. The maximum atomic E-state index is 12.0. The molecule has 4 N–H and O–H groups in total. The number of benzene rings is 1. The zero-order valence-electron chi connectivity index (χ0n) is 12.8. The zero-order valence-corrected chi connectivity index (χ0v) is 13.6. The summed E-state index contributed by atoms with van der Waals surface area (Å²) in [5, 5.41) is 3.23. The van der Waals surface area contributed by atoms with Crippen molar-refractivity contribution < 1.29 is 8.42 Å². The fraction of sp³-hybridized carbons (Fsp3) is 0.571. The summed E-state index contributed by atoms with van der Waals surface area (Å²) in [4.78, 5) is 0.180. The predicted molar refractivity (Wildman–Crippen MR) is 84.2 cm³/mol. The molecule has 0 amide bonds. The van der Waals surface area contributed by atoms with Crippen LogP contribution in [0.15, 0.2) is 23.1 Å². The Morgan fingerprint density at radius 1 is 1.30 bits per heavy atom. The molecule has 1 aromatic rings. The highest BCUT2D eigenvalue weighted by Crippen LogP contribution is 2.29. The first-order valence-electron chi connectivity index (χ1n) is 6.67. The van der Waals surface area contributed by atoms with E-state index in [0.29, 0.717) is 23.8 Å². The molecule has 0 saturated carbocycles. The summed E-state index contributed by atoms with van der Waals surface area (Å²) in [6, 6.07) is 4.87. The molecule has 0 unspecified atom stereocenters. The van der Waals surface area contributed by atoms with Crippen molar-refractivity contribution in [3.8, 4) is 0 Å². The largest absolute Gasteiger partial charge is 0.399 e. The minimum atomic E-state index is -3.53. The van der Waals surface area contributed by atoms with Gasteiger partial charge >= 0.3 is 0 Å². The summed E-state index contributed by atoms with van der Waals surface area (Å²) in [7, 11) is -2.14. The van der Waals surface area contributed by atoms with Crippen LogP contribution in [0.3, 0.4) is 0 Å². The highest BCUT2D eigenvalue weighted by atomic mass is 32.2. The highest BCUT2D eigenvalue weighted by Gasteiger charge is 2.24. The molecule has 0 heterocycles. The molecule has 1 rings (SSSR count). The van der Waals surface area contributed by atoms with Crippen LogP contribution >= 0.6 is 0 Å². The molecule has 5 nitrogen and oxygen atoms in total. The molecular weight excluding hydrogens is 274 g/mol. The number of anilines is 2. The van der Waals surface area contributed by atoms with Crippen LogP contribution in [-0.4, -0.2) is 22.0 Å². The van der Waals surface area contributed by atoms with Crippen molar-refractivity contribution in [1.82, 2.24) is 4.72 Å². The fourth-order valence-electron chi connectivity index (χ4n) is 1.54. The van der Waals surface area contributed by atoms with Gasteiger partial charge < -0.3 is 11.1 Å². The summed E-state index contributed by atoms with van der Waals surface area (Å²) in [5.74, 6) is 0.480. The van der Waals surface area contributed by atoms with Crippen LogP contribution in [0.25, 0.3) is 0 Å². The van der Waals surface area contributed by atoms with Crippen molar-refractivity contribution in [3.05, 3.63) is 18.2 Å². The van der Waals surface area contributed by atoms with Gasteiger partial charge in [-0.1, -0.05) is 27.7 Å². The summed E-state index contributed by atoms with van der Waals surface area (Å²) in [6.45, 7) is 9.27. The fourth-order valence-corrected chi connectivity index (χ4v) is 2.49. The number of rotatable bonds is 6. The first kappa shape index (κ1) is 16.8. The topological polar surface area (TPSA) is 84.2 Å².